The second kappa shape index (κ2) is 3.84. The van der Waals surface area contributed by atoms with Crippen molar-refractivity contribution in [3.8, 4) is 0 Å². The summed E-state index contributed by atoms with van der Waals surface area (Å²) in [6.45, 7) is 2.16. The minimum Gasteiger partial charge on any atom is -0.388 e. The largest absolute Gasteiger partial charge is 0.388 e. The zero-order chi connectivity index (χ0) is 5.70. The van der Waals surface area contributed by atoms with E-state index in [1.54, 1.807) is 12.2 Å². The number of nitrogens with two attached hydrogens (primary N) is 1. The van der Waals surface area contributed by atoms with Crippen molar-refractivity contribution in [1.29, 1.82) is 0 Å². The van der Waals surface area contributed by atoms with E-state index in [-0.39, 0.29) is 0 Å². The van der Waals surface area contributed by atoms with Gasteiger partial charge in [0.05, 0.1) is 6.10 Å². The average molecular weight is 101 g/mol. The molecule has 0 heterocycles. The maximum atomic E-state index is 8.65. The summed E-state index contributed by atoms with van der Waals surface area (Å²) in [5.74, 6) is 0. The van der Waals surface area contributed by atoms with Crippen LogP contribution in [0.15, 0.2) is 12.2 Å². The van der Waals surface area contributed by atoms with E-state index in [0.29, 0.717) is 6.54 Å². The molecule has 0 spiro atoms. The summed E-state index contributed by atoms with van der Waals surface area (Å²) in [5.41, 5.74) is 5.06. The number of hydrogen-bond acceptors (Lipinski definition) is 2. The van der Waals surface area contributed by atoms with Crippen LogP contribution in [-0.4, -0.2) is 17.8 Å². The van der Waals surface area contributed by atoms with Gasteiger partial charge in [0.15, 0.2) is 0 Å². The third-order valence-corrected chi connectivity index (χ3v) is 0.656. The molecule has 0 saturated carbocycles. The first-order valence-electron chi connectivity index (χ1n) is 2.32. The summed E-state index contributed by atoms with van der Waals surface area (Å²) in [6, 6.07) is 0. The molecule has 0 rings (SSSR count). The highest BCUT2D eigenvalue weighted by atomic mass is 16.3. The van der Waals surface area contributed by atoms with E-state index in [4.69, 9.17) is 10.8 Å². The summed E-state index contributed by atoms with van der Waals surface area (Å²) in [7, 11) is 0. The van der Waals surface area contributed by atoms with Crippen LogP contribution in [0.1, 0.15) is 6.92 Å². The van der Waals surface area contributed by atoms with E-state index < -0.39 is 6.10 Å². The smallest absolute Gasteiger partial charge is 0.0843 e. The van der Waals surface area contributed by atoms with Crippen LogP contribution in [0.3, 0.4) is 0 Å². The minimum atomic E-state index is -0.454. The fourth-order valence-electron chi connectivity index (χ4n) is 0.301. The Bertz CT molecular complexity index is 61.1. The lowest BCUT2D eigenvalue weighted by Gasteiger charge is -1.95. The lowest BCUT2D eigenvalue weighted by atomic mass is 10.3. The fraction of sp³-hybridized carbons (Fsp3) is 0.600. The van der Waals surface area contributed by atoms with Gasteiger partial charge in [-0.25, -0.2) is 0 Å². The molecule has 3 N–H and O–H groups in total. The van der Waals surface area contributed by atoms with Crippen LogP contribution in [0.4, 0.5) is 0 Å². The van der Waals surface area contributed by atoms with Gasteiger partial charge in [0.1, 0.15) is 0 Å². The van der Waals surface area contributed by atoms with Gasteiger partial charge in [-0.05, 0) is 6.92 Å². The molecule has 0 amide bonds. The zero-order valence-electron chi connectivity index (χ0n) is 4.46. The van der Waals surface area contributed by atoms with Crippen molar-refractivity contribution in [2.45, 2.75) is 13.0 Å². The van der Waals surface area contributed by atoms with Crippen LogP contribution in [0.5, 0.6) is 0 Å². The van der Waals surface area contributed by atoms with Gasteiger partial charge < -0.3 is 10.8 Å². The molecule has 0 aliphatic rings. The molecular weight excluding hydrogens is 90.1 g/mol. The third-order valence-electron chi connectivity index (χ3n) is 0.656. The molecule has 0 radical (unpaired) electrons. The average Bonchev–Trinajstić information content (AvgIpc) is 1.68. The molecule has 2 nitrogen and oxygen atoms in total. The van der Waals surface area contributed by atoms with E-state index in [1.165, 1.54) is 0 Å². The van der Waals surface area contributed by atoms with E-state index in [9.17, 15) is 0 Å². The first kappa shape index (κ1) is 6.66. The molecule has 0 aromatic rings. The van der Waals surface area contributed by atoms with Crippen LogP contribution >= 0.6 is 0 Å². The topological polar surface area (TPSA) is 46.2 Å². The summed E-state index contributed by atoms with van der Waals surface area (Å²) < 4.78 is 0. The molecule has 2 heteroatoms. The van der Waals surface area contributed by atoms with Crippen molar-refractivity contribution in [3.05, 3.63) is 12.2 Å². The summed E-state index contributed by atoms with van der Waals surface area (Å²) in [5, 5.41) is 8.65. The van der Waals surface area contributed by atoms with Crippen molar-refractivity contribution < 1.29 is 5.11 Å². The van der Waals surface area contributed by atoms with Gasteiger partial charge in [0.2, 0.25) is 0 Å². The highest BCUT2D eigenvalue weighted by Gasteiger charge is 1.88. The molecule has 0 fully saturated rings. The van der Waals surface area contributed by atoms with Crippen molar-refractivity contribution in [2.24, 2.45) is 5.73 Å². The summed E-state index contributed by atoms with van der Waals surface area (Å²) in [6.07, 6.45) is 2.97. The normalized spacial score (nSPS) is 15.3. The number of aliphatic hydroxyl groups is 1. The van der Waals surface area contributed by atoms with Crippen LogP contribution < -0.4 is 5.73 Å². The van der Waals surface area contributed by atoms with Crippen LogP contribution in [0.25, 0.3) is 0 Å². The Kier molecular flexibility index (Phi) is 3.65. The second-order valence-electron chi connectivity index (χ2n) is 1.33. The van der Waals surface area contributed by atoms with E-state index in [2.05, 4.69) is 0 Å². The molecule has 7 heavy (non-hydrogen) atoms. The van der Waals surface area contributed by atoms with Gasteiger partial charge in [0.25, 0.3) is 0 Å². The van der Waals surface area contributed by atoms with Gasteiger partial charge in [0, 0.05) is 6.54 Å². The van der Waals surface area contributed by atoms with Crippen LogP contribution in [0.2, 0.25) is 0 Å². The molecule has 0 bridgehead atoms. The summed E-state index contributed by atoms with van der Waals surface area (Å²) in [4.78, 5) is 0. The molecule has 0 aliphatic heterocycles. The summed E-state index contributed by atoms with van der Waals surface area (Å²) >= 11 is 0. The molecule has 1 atom stereocenters. The Morgan fingerprint density at radius 2 is 2.43 bits per heavy atom. The predicted octanol–water partition coefficient (Wildman–Crippen LogP) is -0.118. The quantitative estimate of drug-likeness (QED) is 0.476. The van der Waals surface area contributed by atoms with Crippen molar-refractivity contribution in [2.75, 3.05) is 6.54 Å². The van der Waals surface area contributed by atoms with E-state index in [0.717, 1.165) is 0 Å². The minimum absolute atomic E-state index is 0.310. The zero-order valence-corrected chi connectivity index (χ0v) is 4.46. The van der Waals surface area contributed by atoms with Crippen molar-refractivity contribution in [1.82, 2.24) is 0 Å². The number of aliphatic hydroxyl groups excluding tert-OH is 1. The van der Waals surface area contributed by atoms with Crippen LogP contribution in [0, 0.1) is 0 Å². The molecule has 0 aromatic heterocycles. The van der Waals surface area contributed by atoms with Gasteiger partial charge >= 0.3 is 0 Å². The molecule has 1 unspecified atom stereocenters. The number of allylic oxidation sites excluding steroid dienone is 1. The van der Waals surface area contributed by atoms with Gasteiger partial charge in [-0.15, -0.1) is 0 Å². The standard InChI is InChI=1S/C5H11NO/c1-2-3-5(7)4-6/h2-3,5,7H,4,6H2,1H3. The second-order valence-corrected chi connectivity index (χ2v) is 1.33. The highest BCUT2D eigenvalue weighted by Crippen LogP contribution is 1.78. The van der Waals surface area contributed by atoms with Crippen molar-refractivity contribution >= 4 is 0 Å². The third kappa shape index (κ3) is 3.49. The van der Waals surface area contributed by atoms with Crippen molar-refractivity contribution in [3.63, 3.8) is 0 Å². The molecular formula is C5H11NO. The molecule has 0 saturated heterocycles. The SMILES string of the molecule is CC=CC(O)CN. The Hall–Kier alpha value is -0.340. The lowest BCUT2D eigenvalue weighted by molar-refractivity contribution is 0.231. The Morgan fingerprint density at radius 3 is 2.57 bits per heavy atom. The first-order valence-corrected chi connectivity index (χ1v) is 2.32. The van der Waals surface area contributed by atoms with E-state index >= 15 is 0 Å². The monoisotopic (exact) mass is 101 g/mol. The molecule has 0 aliphatic carbocycles. The highest BCUT2D eigenvalue weighted by molar-refractivity contribution is 4.85. The Balaban J connectivity index is 3.16. The Morgan fingerprint density at radius 1 is 1.86 bits per heavy atom. The maximum Gasteiger partial charge on any atom is 0.0843 e. The molecule has 42 valence electrons. The Labute approximate surface area is 43.6 Å². The number of hydrogen-bond donors (Lipinski definition) is 2. The van der Waals surface area contributed by atoms with Gasteiger partial charge in [-0.2, -0.15) is 0 Å². The lowest BCUT2D eigenvalue weighted by Crippen LogP contribution is -2.16. The van der Waals surface area contributed by atoms with Gasteiger partial charge in [-0.1, -0.05) is 12.2 Å². The molecule has 0 aromatic carbocycles. The predicted molar refractivity (Wildman–Crippen MR) is 29.9 cm³/mol. The van der Waals surface area contributed by atoms with E-state index in [1.807, 2.05) is 6.92 Å². The maximum absolute atomic E-state index is 8.65. The first-order chi connectivity index (χ1) is 3.31. The number of rotatable bonds is 2. The van der Waals surface area contributed by atoms with Crippen LogP contribution in [-0.2, 0) is 0 Å². The fourth-order valence-corrected chi connectivity index (χ4v) is 0.301. The van der Waals surface area contributed by atoms with Gasteiger partial charge in [-0.3, -0.25) is 0 Å².